The van der Waals surface area contributed by atoms with Gasteiger partial charge in [-0.25, -0.2) is 14.2 Å². The van der Waals surface area contributed by atoms with Gasteiger partial charge in [-0.15, -0.1) is 11.3 Å². The SMILES string of the molecule is Cc1nc(CNC(=O)NCc2ccc(N3CC(C)OC(C)C3)c(F)c2)cs1. The molecule has 2 aromatic rings. The molecular formula is C19H25FN4O2S. The molecule has 2 N–H and O–H groups in total. The Kier molecular flexibility index (Phi) is 6.28. The van der Waals surface area contributed by atoms with Crippen LogP contribution < -0.4 is 15.5 Å². The van der Waals surface area contributed by atoms with Crippen LogP contribution in [0.25, 0.3) is 0 Å². The van der Waals surface area contributed by atoms with Gasteiger partial charge >= 0.3 is 6.03 Å². The molecular weight excluding hydrogens is 367 g/mol. The minimum atomic E-state index is -0.305. The third kappa shape index (κ3) is 5.40. The first-order valence-electron chi connectivity index (χ1n) is 9.02. The van der Waals surface area contributed by atoms with E-state index >= 15 is 0 Å². The summed E-state index contributed by atoms with van der Waals surface area (Å²) < 4.78 is 20.3. The molecule has 1 aliphatic rings. The number of ether oxygens (including phenoxy) is 1. The summed E-state index contributed by atoms with van der Waals surface area (Å²) in [6, 6.07) is 4.78. The van der Waals surface area contributed by atoms with E-state index in [1.54, 1.807) is 17.4 Å². The molecule has 3 rings (SSSR count). The number of rotatable bonds is 5. The number of anilines is 1. The third-order valence-electron chi connectivity index (χ3n) is 4.32. The monoisotopic (exact) mass is 392 g/mol. The van der Waals surface area contributed by atoms with Crippen LogP contribution in [0.2, 0.25) is 0 Å². The Labute approximate surface area is 162 Å². The summed E-state index contributed by atoms with van der Waals surface area (Å²) >= 11 is 1.54. The molecule has 1 aromatic heterocycles. The largest absolute Gasteiger partial charge is 0.372 e. The molecule has 1 saturated heterocycles. The van der Waals surface area contributed by atoms with E-state index < -0.39 is 0 Å². The van der Waals surface area contributed by atoms with Crippen LogP contribution in [0.15, 0.2) is 23.6 Å². The van der Waals surface area contributed by atoms with Gasteiger partial charge in [-0.2, -0.15) is 0 Å². The van der Waals surface area contributed by atoms with Gasteiger partial charge in [-0.05, 0) is 38.5 Å². The Morgan fingerprint density at radius 2 is 2.00 bits per heavy atom. The number of urea groups is 1. The Bertz CT molecular complexity index is 788. The highest BCUT2D eigenvalue weighted by molar-refractivity contribution is 7.09. The Morgan fingerprint density at radius 1 is 1.30 bits per heavy atom. The van der Waals surface area contributed by atoms with Crippen molar-refractivity contribution in [3.8, 4) is 0 Å². The second-order valence-corrected chi connectivity index (χ2v) is 7.90. The van der Waals surface area contributed by atoms with E-state index in [1.807, 2.05) is 37.1 Å². The fourth-order valence-electron chi connectivity index (χ4n) is 3.20. The quantitative estimate of drug-likeness (QED) is 0.820. The summed E-state index contributed by atoms with van der Waals surface area (Å²) in [5, 5.41) is 8.37. The van der Waals surface area contributed by atoms with Crippen molar-refractivity contribution < 1.29 is 13.9 Å². The number of thiazole rings is 1. The molecule has 2 atom stereocenters. The minimum absolute atomic E-state index is 0.0692. The smallest absolute Gasteiger partial charge is 0.315 e. The molecule has 2 amide bonds. The maximum absolute atomic E-state index is 14.6. The van der Waals surface area contributed by atoms with E-state index in [9.17, 15) is 9.18 Å². The van der Waals surface area contributed by atoms with Crippen molar-refractivity contribution >= 4 is 23.1 Å². The maximum Gasteiger partial charge on any atom is 0.315 e. The molecule has 2 heterocycles. The standard InChI is InChI=1S/C19H25FN4O2S/c1-12-9-24(10-13(2)26-12)18-5-4-15(6-17(18)20)7-21-19(25)22-8-16-11-27-14(3)23-16/h4-6,11-13H,7-10H2,1-3H3,(H2,21,22,25). The van der Waals surface area contributed by atoms with Gasteiger partial charge in [0.2, 0.25) is 0 Å². The van der Waals surface area contributed by atoms with Crippen molar-refractivity contribution in [2.24, 2.45) is 0 Å². The lowest BCUT2D eigenvalue weighted by molar-refractivity contribution is -0.00539. The lowest BCUT2D eigenvalue weighted by Crippen LogP contribution is -2.45. The second-order valence-electron chi connectivity index (χ2n) is 6.84. The average Bonchev–Trinajstić information content (AvgIpc) is 3.02. The number of halogens is 1. The van der Waals surface area contributed by atoms with Crippen LogP contribution in [0.1, 0.15) is 30.1 Å². The number of benzene rings is 1. The van der Waals surface area contributed by atoms with Crippen molar-refractivity contribution in [3.05, 3.63) is 45.7 Å². The summed E-state index contributed by atoms with van der Waals surface area (Å²) in [5.41, 5.74) is 2.12. The Hall–Kier alpha value is -2.19. The van der Waals surface area contributed by atoms with E-state index in [-0.39, 0.29) is 30.6 Å². The van der Waals surface area contributed by atoms with E-state index in [1.165, 1.54) is 6.07 Å². The highest BCUT2D eigenvalue weighted by Gasteiger charge is 2.24. The zero-order valence-electron chi connectivity index (χ0n) is 15.8. The normalized spacial score (nSPS) is 19.8. The first-order chi connectivity index (χ1) is 12.9. The van der Waals surface area contributed by atoms with E-state index in [0.29, 0.717) is 30.9 Å². The van der Waals surface area contributed by atoms with Crippen LogP contribution >= 0.6 is 11.3 Å². The van der Waals surface area contributed by atoms with Gasteiger partial charge in [0.15, 0.2) is 0 Å². The number of hydrogen-bond acceptors (Lipinski definition) is 5. The summed E-state index contributed by atoms with van der Waals surface area (Å²) in [5.74, 6) is -0.283. The van der Waals surface area contributed by atoms with Crippen LogP contribution in [0.5, 0.6) is 0 Å². The predicted octanol–water partition coefficient (Wildman–Crippen LogP) is 3.20. The molecule has 0 saturated carbocycles. The first-order valence-corrected chi connectivity index (χ1v) is 9.90. The molecule has 0 aliphatic carbocycles. The Morgan fingerprint density at radius 3 is 2.63 bits per heavy atom. The number of nitrogens with zero attached hydrogens (tertiary/aromatic N) is 2. The summed E-state index contributed by atoms with van der Waals surface area (Å²) in [7, 11) is 0. The number of carbonyl (C=O) groups excluding carboxylic acids is 1. The predicted molar refractivity (Wildman–Crippen MR) is 105 cm³/mol. The van der Waals surface area contributed by atoms with Crippen LogP contribution in [-0.2, 0) is 17.8 Å². The fourth-order valence-corrected chi connectivity index (χ4v) is 3.81. The molecule has 0 radical (unpaired) electrons. The molecule has 1 fully saturated rings. The molecule has 1 aliphatic heterocycles. The number of aromatic nitrogens is 1. The van der Waals surface area contributed by atoms with Gasteiger partial charge < -0.3 is 20.3 Å². The topological polar surface area (TPSA) is 66.5 Å². The van der Waals surface area contributed by atoms with Crippen LogP contribution in [0.3, 0.4) is 0 Å². The first kappa shape index (κ1) is 19.6. The molecule has 6 nitrogen and oxygen atoms in total. The molecule has 2 unspecified atom stereocenters. The van der Waals surface area contributed by atoms with E-state index in [0.717, 1.165) is 10.7 Å². The minimum Gasteiger partial charge on any atom is -0.372 e. The zero-order valence-corrected chi connectivity index (χ0v) is 16.6. The average molecular weight is 393 g/mol. The number of nitrogens with one attached hydrogen (secondary N) is 2. The highest BCUT2D eigenvalue weighted by Crippen LogP contribution is 2.24. The van der Waals surface area contributed by atoms with Gasteiger partial charge in [-0.3, -0.25) is 0 Å². The van der Waals surface area contributed by atoms with Gasteiger partial charge in [0.05, 0.1) is 35.1 Å². The number of carbonyl (C=O) groups is 1. The van der Waals surface area contributed by atoms with Crippen LogP contribution in [0, 0.1) is 12.7 Å². The third-order valence-corrected chi connectivity index (χ3v) is 5.14. The fraction of sp³-hybridized carbons (Fsp3) is 0.474. The van der Waals surface area contributed by atoms with Crippen molar-refractivity contribution in [3.63, 3.8) is 0 Å². The number of amides is 2. The van der Waals surface area contributed by atoms with Gasteiger partial charge in [0.1, 0.15) is 5.82 Å². The van der Waals surface area contributed by atoms with E-state index in [4.69, 9.17) is 4.74 Å². The second kappa shape index (κ2) is 8.67. The molecule has 0 spiro atoms. The number of morpholine rings is 1. The van der Waals surface area contributed by atoms with E-state index in [2.05, 4.69) is 15.6 Å². The Balaban J connectivity index is 1.52. The highest BCUT2D eigenvalue weighted by atomic mass is 32.1. The molecule has 8 heteroatoms. The summed E-state index contributed by atoms with van der Waals surface area (Å²) in [6.45, 7) is 7.86. The lowest BCUT2D eigenvalue weighted by atomic mass is 10.1. The van der Waals surface area contributed by atoms with Gasteiger partial charge in [0, 0.05) is 25.0 Å². The lowest BCUT2D eigenvalue weighted by Gasteiger charge is -2.37. The maximum atomic E-state index is 14.6. The van der Waals surface area contributed by atoms with Crippen LogP contribution in [-0.4, -0.2) is 36.3 Å². The van der Waals surface area contributed by atoms with Gasteiger partial charge in [0.25, 0.3) is 0 Å². The van der Waals surface area contributed by atoms with Crippen molar-refractivity contribution in [1.82, 2.24) is 15.6 Å². The molecule has 146 valence electrons. The van der Waals surface area contributed by atoms with Crippen LogP contribution in [0.4, 0.5) is 14.9 Å². The zero-order chi connectivity index (χ0) is 19.4. The number of hydrogen-bond donors (Lipinski definition) is 2. The van der Waals surface area contributed by atoms with Crippen molar-refractivity contribution in [2.45, 2.75) is 46.1 Å². The summed E-state index contributed by atoms with van der Waals surface area (Å²) in [6.07, 6.45) is 0.138. The molecule has 1 aromatic carbocycles. The molecule has 0 bridgehead atoms. The summed E-state index contributed by atoms with van der Waals surface area (Å²) in [4.78, 5) is 18.2. The van der Waals surface area contributed by atoms with Gasteiger partial charge in [-0.1, -0.05) is 6.07 Å². The van der Waals surface area contributed by atoms with Crippen molar-refractivity contribution in [2.75, 3.05) is 18.0 Å². The number of aryl methyl sites for hydroxylation is 1. The molecule has 27 heavy (non-hydrogen) atoms. The van der Waals surface area contributed by atoms with Crippen molar-refractivity contribution in [1.29, 1.82) is 0 Å².